The Hall–Kier alpha value is -0.120. The lowest BCUT2D eigenvalue weighted by Crippen LogP contribution is -2.32. The summed E-state index contributed by atoms with van der Waals surface area (Å²) in [5, 5.41) is 12.3. The molecule has 2 bridgehead atoms. The Labute approximate surface area is 47.6 Å². The molecular formula is C5H9NO2. The van der Waals surface area contributed by atoms with Crippen molar-refractivity contribution in [2.45, 2.75) is 18.2 Å². The van der Waals surface area contributed by atoms with E-state index in [4.69, 9.17) is 9.84 Å². The Morgan fingerprint density at radius 2 is 2.50 bits per heavy atom. The van der Waals surface area contributed by atoms with Crippen LogP contribution in [0.4, 0.5) is 0 Å². The highest BCUT2D eigenvalue weighted by Gasteiger charge is 2.41. The third kappa shape index (κ3) is 0.438. The molecule has 1 unspecified atom stereocenters. The lowest BCUT2D eigenvalue weighted by Gasteiger charge is -2.08. The maximum Gasteiger partial charge on any atom is 0.0989 e. The molecule has 8 heavy (non-hydrogen) atoms. The number of morpholine rings is 1. The Kier molecular flexibility index (Phi) is 0.848. The van der Waals surface area contributed by atoms with E-state index in [1.165, 1.54) is 0 Å². The van der Waals surface area contributed by atoms with Gasteiger partial charge in [-0.2, -0.15) is 0 Å². The van der Waals surface area contributed by atoms with Crippen LogP contribution in [-0.4, -0.2) is 36.5 Å². The standard InChI is InChI=1S/C5H9NO2/c7-5-3-2-8-4(5)1-6-3/h3-7H,1-2H2/t3-,4-,5?/m0/s1. The van der Waals surface area contributed by atoms with Crippen LogP contribution in [0.3, 0.4) is 0 Å². The molecule has 0 aliphatic carbocycles. The fourth-order valence-corrected chi connectivity index (χ4v) is 1.31. The monoisotopic (exact) mass is 115 g/mol. The molecule has 2 saturated heterocycles. The van der Waals surface area contributed by atoms with Gasteiger partial charge in [0.15, 0.2) is 0 Å². The van der Waals surface area contributed by atoms with E-state index >= 15 is 0 Å². The summed E-state index contributed by atoms with van der Waals surface area (Å²) in [6, 6.07) is 0.222. The Balaban J connectivity index is 2.16. The van der Waals surface area contributed by atoms with E-state index < -0.39 is 0 Å². The molecule has 2 fully saturated rings. The smallest absolute Gasteiger partial charge is 0.0989 e. The highest BCUT2D eigenvalue weighted by atomic mass is 16.5. The van der Waals surface area contributed by atoms with Crippen LogP contribution in [0.15, 0.2) is 0 Å². The topological polar surface area (TPSA) is 41.5 Å². The molecule has 0 amide bonds. The summed E-state index contributed by atoms with van der Waals surface area (Å²) in [5.41, 5.74) is 0. The number of fused-ring (bicyclic) bond motifs is 2. The molecule has 0 aromatic heterocycles. The van der Waals surface area contributed by atoms with E-state index in [9.17, 15) is 0 Å². The number of aliphatic hydroxyl groups is 1. The van der Waals surface area contributed by atoms with E-state index in [2.05, 4.69) is 5.32 Å². The van der Waals surface area contributed by atoms with E-state index in [1.54, 1.807) is 0 Å². The molecule has 2 rings (SSSR count). The van der Waals surface area contributed by atoms with E-state index in [1.807, 2.05) is 0 Å². The van der Waals surface area contributed by atoms with Gasteiger partial charge in [0.05, 0.1) is 24.9 Å². The zero-order valence-electron chi connectivity index (χ0n) is 4.50. The summed E-state index contributed by atoms with van der Waals surface area (Å²) in [7, 11) is 0. The maximum atomic E-state index is 9.14. The van der Waals surface area contributed by atoms with Crippen LogP contribution in [-0.2, 0) is 4.74 Å². The van der Waals surface area contributed by atoms with Gasteiger partial charge < -0.3 is 15.2 Å². The summed E-state index contributed by atoms with van der Waals surface area (Å²) >= 11 is 0. The molecule has 0 saturated carbocycles. The second kappa shape index (κ2) is 1.43. The van der Waals surface area contributed by atoms with Gasteiger partial charge in [0.2, 0.25) is 0 Å². The zero-order chi connectivity index (χ0) is 5.56. The minimum atomic E-state index is -0.241. The van der Waals surface area contributed by atoms with E-state index in [-0.39, 0.29) is 18.2 Å². The largest absolute Gasteiger partial charge is 0.389 e. The molecule has 2 heterocycles. The normalized spacial score (nSPS) is 52.9. The summed E-state index contributed by atoms with van der Waals surface area (Å²) in [6.45, 7) is 1.51. The first-order valence-electron chi connectivity index (χ1n) is 2.91. The highest BCUT2D eigenvalue weighted by Crippen LogP contribution is 2.19. The van der Waals surface area contributed by atoms with E-state index in [0.29, 0.717) is 6.61 Å². The molecule has 3 nitrogen and oxygen atoms in total. The van der Waals surface area contributed by atoms with Crippen LogP contribution in [0, 0.1) is 0 Å². The third-order valence-corrected chi connectivity index (χ3v) is 1.86. The van der Waals surface area contributed by atoms with Crippen molar-refractivity contribution in [3.8, 4) is 0 Å². The van der Waals surface area contributed by atoms with Crippen molar-refractivity contribution < 1.29 is 9.84 Å². The zero-order valence-corrected chi connectivity index (χ0v) is 4.50. The van der Waals surface area contributed by atoms with Crippen molar-refractivity contribution in [1.82, 2.24) is 5.32 Å². The second-order valence-corrected chi connectivity index (χ2v) is 2.38. The first kappa shape index (κ1) is 4.73. The van der Waals surface area contributed by atoms with Crippen LogP contribution >= 0.6 is 0 Å². The molecule has 0 aromatic rings. The van der Waals surface area contributed by atoms with Gasteiger partial charge in [-0.15, -0.1) is 0 Å². The van der Waals surface area contributed by atoms with Gasteiger partial charge in [0.25, 0.3) is 0 Å². The van der Waals surface area contributed by atoms with Crippen LogP contribution in [0.5, 0.6) is 0 Å². The summed E-state index contributed by atoms with van der Waals surface area (Å²) in [6.07, 6.45) is -0.157. The molecule has 2 aliphatic heterocycles. The molecule has 46 valence electrons. The average Bonchev–Trinajstić information content (AvgIpc) is 2.29. The molecule has 3 heteroatoms. The molecule has 0 spiro atoms. The number of ether oxygens (including phenoxy) is 1. The average molecular weight is 115 g/mol. The van der Waals surface area contributed by atoms with Gasteiger partial charge in [-0.3, -0.25) is 0 Å². The molecule has 3 atom stereocenters. The van der Waals surface area contributed by atoms with Crippen molar-refractivity contribution in [1.29, 1.82) is 0 Å². The number of hydrogen-bond acceptors (Lipinski definition) is 3. The van der Waals surface area contributed by atoms with Gasteiger partial charge in [-0.05, 0) is 0 Å². The lowest BCUT2D eigenvalue weighted by atomic mass is 10.2. The highest BCUT2D eigenvalue weighted by molar-refractivity contribution is 4.96. The van der Waals surface area contributed by atoms with Gasteiger partial charge >= 0.3 is 0 Å². The van der Waals surface area contributed by atoms with Gasteiger partial charge in [-0.25, -0.2) is 0 Å². The lowest BCUT2D eigenvalue weighted by molar-refractivity contribution is 0.0519. The first-order valence-corrected chi connectivity index (χ1v) is 2.91. The molecule has 2 aliphatic rings. The maximum absolute atomic E-state index is 9.14. The third-order valence-electron chi connectivity index (χ3n) is 1.86. The molecule has 2 N–H and O–H groups in total. The van der Waals surface area contributed by atoms with Gasteiger partial charge in [0.1, 0.15) is 0 Å². The Morgan fingerprint density at radius 3 is 2.62 bits per heavy atom. The van der Waals surface area contributed by atoms with Crippen LogP contribution < -0.4 is 5.32 Å². The van der Waals surface area contributed by atoms with Crippen LogP contribution in [0.2, 0.25) is 0 Å². The van der Waals surface area contributed by atoms with Crippen LogP contribution in [0.1, 0.15) is 0 Å². The predicted molar refractivity (Wildman–Crippen MR) is 27.5 cm³/mol. The first-order chi connectivity index (χ1) is 3.88. The van der Waals surface area contributed by atoms with Gasteiger partial charge in [0, 0.05) is 6.54 Å². The molecular weight excluding hydrogens is 106 g/mol. The quantitative estimate of drug-likeness (QED) is 0.413. The summed E-state index contributed by atoms with van der Waals surface area (Å²) < 4.78 is 5.15. The van der Waals surface area contributed by atoms with Crippen molar-refractivity contribution >= 4 is 0 Å². The number of aliphatic hydroxyl groups excluding tert-OH is 1. The summed E-state index contributed by atoms with van der Waals surface area (Å²) in [4.78, 5) is 0. The van der Waals surface area contributed by atoms with Crippen LogP contribution in [0.25, 0.3) is 0 Å². The fourth-order valence-electron chi connectivity index (χ4n) is 1.31. The molecule has 0 aromatic carbocycles. The minimum absolute atomic E-state index is 0.0833. The SMILES string of the molecule is OC1[C@@H]2CO[C@H]1CN2. The Morgan fingerprint density at radius 1 is 1.62 bits per heavy atom. The number of nitrogens with one attached hydrogen (secondary N) is 1. The van der Waals surface area contributed by atoms with Crippen molar-refractivity contribution in [2.75, 3.05) is 13.2 Å². The molecule has 0 radical (unpaired) electrons. The number of rotatable bonds is 0. The second-order valence-electron chi connectivity index (χ2n) is 2.38. The summed E-state index contributed by atoms with van der Waals surface area (Å²) in [5.74, 6) is 0. The van der Waals surface area contributed by atoms with Gasteiger partial charge in [-0.1, -0.05) is 0 Å². The van der Waals surface area contributed by atoms with Crippen molar-refractivity contribution in [3.05, 3.63) is 0 Å². The predicted octanol–water partition coefficient (Wildman–Crippen LogP) is -1.28. The Bertz CT molecular complexity index is 86.6. The van der Waals surface area contributed by atoms with Crippen molar-refractivity contribution in [3.63, 3.8) is 0 Å². The minimum Gasteiger partial charge on any atom is -0.389 e. The van der Waals surface area contributed by atoms with Crippen molar-refractivity contribution in [2.24, 2.45) is 0 Å². The fraction of sp³-hybridized carbons (Fsp3) is 1.00. The van der Waals surface area contributed by atoms with E-state index in [0.717, 1.165) is 6.54 Å². The number of hydrogen-bond donors (Lipinski definition) is 2.